The molecule has 1 saturated heterocycles. The first kappa shape index (κ1) is 9.24. The summed E-state index contributed by atoms with van der Waals surface area (Å²) >= 11 is 0. The fourth-order valence-corrected chi connectivity index (χ4v) is 3.20. The van der Waals surface area contributed by atoms with Gasteiger partial charge in [0, 0.05) is 22.3 Å². The Kier molecular flexibility index (Phi) is 4.13. The minimum Gasteiger partial charge on any atom is -0.260 e. The van der Waals surface area contributed by atoms with Crippen molar-refractivity contribution in [3.63, 3.8) is 0 Å². The van der Waals surface area contributed by atoms with E-state index in [0.717, 1.165) is 17.4 Å². The van der Waals surface area contributed by atoms with Crippen LogP contribution in [0, 0.1) is 5.92 Å². The maximum atomic E-state index is 11.1. The Bertz CT molecular complexity index is 134. The lowest BCUT2D eigenvalue weighted by Crippen LogP contribution is -2.19. The molecule has 0 aliphatic carbocycles. The molecule has 1 nitrogen and oxygen atoms in total. The Labute approximate surface area is 72.0 Å². The summed E-state index contributed by atoms with van der Waals surface area (Å²) in [4.78, 5) is 0. The molecule has 66 valence electrons. The Balaban J connectivity index is 2.17. The zero-order chi connectivity index (χ0) is 8.10. The molecule has 0 aromatic carbocycles. The summed E-state index contributed by atoms with van der Waals surface area (Å²) in [6, 6.07) is 0. The van der Waals surface area contributed by atoms with Gasteiger partial charge < -0.3 is 0 Å². The highest BCUT2D eigenvalue weighted by atomic mass is 32.2. The highest BCUT2D eigenvalue weighted by molar-refractivity contribution is 7.85. The van der Waals surface area contributed by atoms with Gasteiger partial charge in [0.25, 0.3) is 0 Å². The lowest BCUT2D eigenvalue weighted by atomic mass is 9.99. The largest absolute Gasteiger partial charge is 0.260 e. The van der Waals surface area contributed by atoms with Crippen molar-refractivity contribution in [2.45, 2.75) is 39.0 Å². The van der Waals surface area contributed by atoms with Gasteiger partial charge in [-0.1, -0.05) is 19.8 Å². The smallest absolute Gasteiger partial charge is 0.0263 e. The van der Waals surface area contributed by atoms with Gasteiger partial charge in [0.2, 0.25) is 0 Å². The van der Waals surface area contributed by atoms with Crippen LogP contribution in [-0.2, 0) is 10.8 Å². The normalized spacial score (nSPS) is 32.1. The van der Waals surface area contributed by atoms with Crippen molar-refractivity contribution < 1.29 is 4.21 Å². The molecule has 0 saturated carbocycles. The molecule has 0 bridgehead atoms. The number of unbranched alkanes of at least 4 members (excludes halogenated alkanes) is 1. The van der Waals surface area contributed by atoms with E-state index in [0.29, 0.717) is 0 Å². The van der Waals surface area contributed by atoms with Crippen molar-refractivity contribution in [2.24, 2.45) is 5.92 Å². The second-order valence-corrected chi connectivity index (χ2v) is 5.08. The van der Waals surface area contributed by atoms with Gasteiger partial charge in [-0.15, -0.1) is 0 Å². The molecular weight excluding hydrogens is 156 g/mol. The molecule has 1 aliphatic heterocycles. The molecule has 2 atom stereocenters. The summed E-state index contributed by atoms with van der Waals surface area (Å²) in [5, 5.41) is 0. The summed E-state index contributed by atoms with van der Waals surface area (Å²) in [6.45, 7) is 2.22. The summed E-state index contributed by atoms with van der Waals surface area (Å²) in [6.07, 6.45) is 6.43. The van der Waals surface area contributed by atoms with E-state index < -0.39 is 10.8 Å². The average molecular weight is 174 g/mol. The first-order valence-corrected chi connectivity index (χ1v) is 6.16. The highest BCUT2D eigenvalue weighted by Gasteiger charge is 2.17. The molecule has 2 heteroatoms. The van der Waals surface area contributed by atoms with Crippen LogP contribution in [-0.4, -0.2) is 15.7 Å². The van der Waals surface area contributed by atoms with Crippen molar-refractivity contribution in [1.82, 2.24) is 0 Å². The number of rotatable bonds is 3. The van der Waals surface area contributed by atoms with Gasteiger partial charge in [-0.25, -0.2) is 0 Å². The maximum absolute atomic E-state index is 11.1. The zero-order valence-electron chi connectivity index (χ0n) is 7.34. The van der Waals surface area contributed by atoms with Crippen LogP contribution < -0.4 is 0 Å². The van der Waals surface area contributed by atoms with Gasteiger partial charge in [0.1, 0.15) is 0 Å². The molecule has 0 radical (unpaired) electrons. The third-order valence-corrected chi connectivity index (χ3v) is 3.96. The van der Waals surface area contributed by atoms with Crippen LogP contribution in [0.5, 0.6) is 0 Å². The molecule has 1 aliphatic rings. The molecule has 0 spiro atoms. The number of hydrogen-bond donors (Lipinski definition) is 0. The minimum atomic E-state index is -0.474. The fraction of sp³-hybridized carbons (Fsp3) is 1.00. The van der Waals surface area contributed by atoms with E-state index in [9.17, 15) is 4.21 Å². The monoisotopic (exact) mass is 174 g/mol. The van der Waals surface area contributed by atoms with Crippen LogP contribution in [0.2, 0.25) is 0 Å². The van der Waals surface area contributed by atoms with Gasteiger partial charge in [-0.3, -0.25) is 4.21 Å². The van der Waals surface area contributed by atoms with Crippen LogP contribution in [0.25, 0.3) is 0 Å². The first-order chi connectivity index (χ1) is 5.33. The molecule has 11 heavy (non-hydrogen) atoms. The molecule has 1 rings (SSSR count). The standard InChI is InChI=1S/C9H18OS/c1-2-3-5-9-6-4-7-11(10)8-9/h9H,2-8H2,1H3. The summed E-state index contributed by atoms with van der Waals surface area (Å²) in [7, 11) is -0.474. The molecule has 0 N–H and O–H groups in total. The van der Waals surface area contributed by atoms with Gasteiger partial charge in [-0.2, -0.15) is 0 Å². The van der Waals surface area contributed by atoms with Crippen LogP contribution in [0.4, 0.5) is 0 Å². The van der Waals surface area contributed by atoms with E-state index in [2.05, 4.69) is 6.92 Å². The Morgan fingerprint density at radius 1 is 1.55 bits per heavy atom. The Hall–Kier alpha value is 0.150. The highest BCUT2D eigenvalue weighted by Crippen LogP contribution is 2.20. The summed E-state index contributed by atoms with van der Waals surface area (Å²) < 4.78 is 11.1. The molecule has 0 aromatic rings. The zero-order valence-corrected chi connectivity index (χ0v) is 8.16. The lowest BCUT2D eigenvalue weighted by Gasteiger charge is -2.20. The van der Waals surface area contributed by atoms with Crippen LogP contribution in [0.3, 0.4) is 0 Å². The Morgan fingerprint density at radius 2 is 2.36 bits per heavy atom. The fourth-order valence-electron chi connectivity index (χ4n) is 1.68. The van der Waals surface area contributed by atoms with Crippen molar-refractivity contribution in [1.29, 1.82) is 0 Å². The Morgan fingerprint density at radius 3 is 3.00 bits per heavy atom. The van der Waals surface area contributed by atoms with Crippen LogP contribution in [0.1, 0.15) is 39.0 Å². The predicted molar refractivity (Wildman–Crippen MR) is 50.1 cm³/mol. The predicted octanol–water partition coefficient (Wildman–Crippen LogP) is 2.34. The maximum Gasteiger partial charge on any atom is 0.0263 e. The SMILES string of the molecule is CCCCC1CCCS(=O)C1. The van der Waals surface area contributed by atoms with Gasteiger partial charge in [-0.05, 0) is 25.2 Å². The summed E-state index contributed by atoms with van der Waals surface area (Å²) in [5.41, 5.74) is 0. The van der Waals surface area contributed by atoms with E-state index in [4.69, 9.17) is 0 Å². The average Bonchev–Trinajstić information content (AvgIpc) is 2.01. The molecule has 2 unspecified atom stereocenters. The minimum absolute atomic E-state index is 0.474. The van der Waals surface area contributed by atoms with Crippen molar-refractivity contribution in [3.05, 3.63) is 0 Å². The molecule has 0 aromatic heterocycles. The van der Waals surface area contributed by atoms with Crippen LogP contribution in [0.15, 0.2) is 0 Å². The van der Waals surface area contributed by atoms with E-state index in [-0.39, 0.29) is 0 Å². The van der Waals surface area contributed by atoms with E-state index >= 15 is 0 Å². The van der Waals surface area contributed by atoms with Crippen molar-refractivity contribution >= 4 is 10.8 Å². The van der Waals surface area contributed by atoms with Gasteiger partial charge in [0.05, 0.1) is 0 Å². The first-order valence-electron chi connectivity index (χ1n) is 4.68. The second-order valence-electron chi connectivity index (χ2n) is 3.46. The molecule has 1 fully saturated rings. The van der Waals surface area contributed by atoms with E-state index in [1.807, 2.05) is 0 Å². The van der Waals surface area contributed by atoms with Gasteiger partial charge >= 0.3 is 0 Å². The molecule has 0 amide bonds. The summed E-state index contributed by atoms with van der Waals surface area (Å²) in [5.74, 6) is 2.73. The molecule has 1 heterocycles. The topological polar surface area (TPSA) is 17.1 Å². The van der Waals surface area contributed by atoms with Crippen molar-refractivity contribution in [2.75, 3.05) is 11.5 Å². The third-order valence-electron chi connectivity index (χ3n) is 2.37. The quantitative estimate of drug-likeness (QED) is 0.642. The van der Waals surface area contributed by atoms with E-state index in [1.165, 1.54) is 32.1 Å². The van der Waals surface area contributed by atoms with Gasteiger partial charge in [0.15, 0.2) is 0 Å². The third kappa shape index (κ3) is 3.37. The van der Waals surface area contributed by atoms with Crippen LogP contribution >= 0.6 is 0 Å². The van der Waals surface area contributed by atoms with E-state index in [1.54, 1.807) is 0 Å². The second kappa shape index (κ2) is 4.91. The lowest BCUT2D eigenvalue weighted by molar-refractivity contribution is 0.458. The number of hydrogen-bond acceptors (Lipinski definition) is 1. The van der Waals surface area contributed by atoms with Crippen molar-refractivity contribution in [3.8, 4) is 0 Å². The molecular formula is C9H18OS.